The molecule has 0 atom stereocenters. The molecule has 44 valence electrons. The van der Waals surface area contributed by atoms with E-state index < -0.39 is 5.97 Å². The molecule has 0 saturated carbocycles. The van der Waals surface area contributed by atoms with E-state index in [0.717, 1.165) is 6.08 Å². The summed E-state index contributed by atoms with van der Waals surface area (Å²) in [6.45, 7) is 2.96. The molecule has 0 radical (unpaired) electrons. The van der Waals surface area contributed by atoms with Crippen LogP contribution in [0.5, 0.6) is 0 Å². The molecule has 0 aromatic rings. The number of carbonyl (C=O) groups is 1. The van der Waals surface area contributed by atoms with Gasteiger partial charge < -0.3 is 16.2 Å². The summed E-state index contributed by atoms with van der Waals surface area (Å²) in [5, 5.41) is 7.60. The Hall–Kier alpha value is -1.48. The lowest BCUT2D eigenvalue weighted by molar-refractivity contribution is -0.131. The SMILES string of the molecule is C=CC(=O)O.[N-]=[N+]=[N-]. The maximum atomic E-state index is 9.25. The van der Waals surface area contributed by atoms with Gasteiger partial charge in [0.15, 0.2) is 0 Å². The van der Waals surface area contributed by atoms with Crippen LogP contribution in [0, 0.1) is 0 Å². The molecule has 0 aliphatic heterocycles. The quantitative estimate of drug-likeness (QED) is 0.239. The average Bonchev–Trinajstić information content (AvgIpc) is 1.69. The van der Waals surface area contributed by atoms with E-state index in [2.05, 4.69) is 6.58 Å². The summed E-state index contributed by atoms with van der Waals surface area (Å²) in [5.74, 6) is -0.981. The summed E-state index contributed by atoms with van der Waals surface area (Å²) in [6, 6.07) is 0. The van der Waals surface area contributed by atoms with Crippen molar-refractivity contribution in [3.63, 3.8) is 0 Å². The van der Waals surface area contributed by atoms with Gasteiger partial charge >= 0.3 is 5.97 Å². The third-order valence-corrected chi connectivity index (χ3v) is 0.175. The number of nitrogens with zero attached hydrogens (tertiary/aromatic N) is 3. The highest BCUT2D eigenvalue weighted by atomic mass is 16.4. The van der Waals surface area contributed by atoms with E-state index in [-0.39, 0.29) is 0 Å². The molecule has 1 N–H and O–H groups in total. The Kier molecular flexibility index (Phi) is 11.1. The van der Waals surface area contributed by atoms with Crippen LogP contribution in [0.25, 0.3) is 16.0 Å². The second-order valence-electron chi connectivity index (χ2n) is 0.632. The summed E-state index contributed by atoms with van der Waals surface area (Å²) in [5.41, 5.74) is 13.5. The summed E-state index contributed by atoms with van der Waals surface area (Å²) >= 11 is 0. The lowest BCUT2D eigenvalue weighted by Crippen LogP contribution is -1.82. The summed E-state index contributed by atoms with van der Waals surface area (Å²) in [4.78, 5) is 10.8. The van der Waals surface area contributed by atoms with E-state index in [1.54, 1.807) is 0 Å². The fourth-order valence-electron chi connectivity index (χ4n) is 0. The fraction of sp³-hybridized carbons (Fsp3) is 0. The van der Waals surface area contributed by atoms with Gasteiger partial charge in [0, 0.05) is 6.08 Å². The predicted molar refractivity (Wildman–Crippen MR) is 27.9 cm³/mol. The second kappa shape index (κ2) is 9.10. The van der Waals surface area contributed by atoms with Crippen LogP contribution in [-0.2, 0) is 4.79 Å². The van der Waals surface area contributed by atoms with Gasteiger partial charge in [-0.1, -0.05) is 6.58 Å². The van der Waals surface area contributed by atoms with Gasteiger partial charge in [0.2, 0.25) is 0 Å². The maximum absolute atomic E-state index is 9.25. The van der Waals surface area contributed by atoms with E-state index in [9.17, 15) is 4.79 Å². The van der Waals surface area contributed by atoms with Crippen molar-refractivity contribution in [2.24, 2.45) is 0 Å². The first-order valence-electron chi connectivity index (χ1n) is 1.52. The van der Waals surface area contributed by atoms with E-state index in [0.29, 0.717) is 0 Å². The van der Waals surface area contributed by atoms with Crippen LogP contribution in [-0.4, -0.2) is 11.1 Å². The molecule has 5 nitrogen and oxygen atoms in total. The van der Waals surface area contributed by atoms with Gasteiger partial charge in [-0.05, 0) is 0 Å². The molecule has 0 fully saturated rings. The van der Waals surface area contributed by atoms with Crippen LogP contribution >= 0.6 is 0 Å². The van der Waals surface area contributed by atoms with Crippen molar-refractivity contribution in [2.75, 3.05) is 0 Å². The highest BCUT2D eigenvalue weighted by Gasteiger charge is 1.73. The Labute approximate surface area is 45.7 Å². The van der Waals surface area contributed by atoms with E-state index in [1.165, 1.54) is 4.91 Å². The first-order valence-corrected chi connectivity index (χ1v) is 1.52. The minimum atomic E-state index is -0.981. The zero-order valence-corrected chi connectivity index (χ0v) is 3.98. The normalized spacial score (nSPS) is 5.00. The molecule has 0 heterocycles. The summed E-state index contributed by atoms with van der Waals surface area (Å²) in [7, 11) is 0. The van der Waals surface area contributed by atoms with Crippen LogP contribution in [0.2, 0.25) is 0 Å². The number of hydrogen-bond donors (Lipinski definition) is 1. The first kappa shape index (κ1) is 9.72. The van der Waals surface area contributed by atoms with Crippen molar-refractivity contribution in [3.8, 4) is 0 Å². The smallest absolute Gasteiger partial charge is 0.327 e. The number of hydrogen-bond acceptors (Lipinski definition) is 1. The van der Waals surface area contributed by atoms with E-state index in [4.69, 9.17) is 16.2 Å². The molecule has 0 aliphatic carbocycles. The van der Waals surface area contributed by atoms with Crippen LogP contribution in [0.4, 0.5) is 0 Å². The van der Waals surface area contributed by atoms with Gasteiger partial charge in [-0.2, -0.15) is 0 Å². The molecule has 0 aromatic carbocycles. The number of rotatable bonds is 1. The van der Waals surface area contributed by atoms with Gasteiger partial charge in [-0.3, -0.25) is 4.91 Å². The maximum Gasteiger partial charge on any atom is 0.327 e. The third kappa shape index (κ3) is 207. The van der Waals surface area contributed by atoms with Crippen molar-refractivity contribution >= 4 is 5.97 Å². The standard InChI is InChI=1S/C3H4O2.N3/c1-2-3(4)5;1-3-2/h2H,1H2,(H,4,5);/q;-1. The highest BCUT2D eigenvalue weighted by Crippen LogP contribution is 1.54. The van der Waals surface area contributed by atoms with Crippen molar-refractivity contribution in [3.05, 3.63) is 28.6 Å². The van der Waals surface area contributed by atoms with Crippen LogP contribution in [0.1, 0.15) is 0 Å². The van der Waals surface area contributed by atoms with Gasteiger partial charge in [-0.25, -0.2) is 4.79 Å². The molecule has 0 spiro atoms. The predicted octanol–water partition coefficient (Wildman–Crippen LogP) is 1.12. The Morgan fingerprint density at radius 1 is 1.75 bits per heavy atom. The van der Waals surface area contributed by atoms with E-state index in [1.807, 2.05) is 0 Å². The third-order valence-electron chi connectivity index (χ3n) is 0.175. The summed E-state index contributed by atoms with van der Waals surface area (Å²) < 4.78 is 0. The minimum Gasteiger partial charge on any atom is -0.478 e. The molecule has 5 heteroatoms. The number of carboxylic acids is 1. The van der Waals surface area contributed by atoms with Crippen LogP contribution < -0.4 is 0 Å². The molecule has 0 saturated heterocycles. The Morgan fingerprint density at radius 2 is 1.88 bits per heavy atom. The van der Waals surface area contributed by atoms with Gasteiger partial charge in [0.1, 0.15) is 0 Å². The van der Waals surface area contributed by atoms with Crippen molar-refractivity contribution in [1.29, 1.82) is 0 Å². The zero-order chi connectivity index (χ0) is 6.99. The van der Waals surface area contributed by atoms with Crippen molar-refractivity contribution in [2.45, 2.75) is 0 Å². The first-order chi connectivity index (χ1) is 3.68. The van der Waals surface area contributed by atoms with Gasteiger partial charge in [-0.15, -0.1) is 0 Å². The van der Waals surface area contributed by atoms with E-state index >= 15 is 0 Å². The average molecular weight is 114 g/mol. The molecule has 8 heavy (non-hydrogen) atoms. The van der Waals surface area contributed by atoms with Gasteiger partial charge in [0.05, 0.1) is 0 Å². The lowest BCUT2D eigenvalue weighted by atomic mass is 10.7. The number of aliphatic carboxylic acids is 1. The van der Waals surface area contributed by atoms with Crippen molar-refractivity contribution < 1.29 is 9.90 Å². The molecule has 0 rings (SSSR count). The topological polar surface area (TPSA) is 96.0 Å². The largest absolute Gasteiger partial charge is 0.478 e. The number of carboxylic acid groups (broad SMARTS) is 1. The Morgan fingerprint density at radius 3 is 1.88 bits per heavy atom. The van der Waals surface area contributed by atoms with Crippen molar-refractivity contribution in [1.82, 2.24) is 0 Å². The monoisotopic (exact) mass is 114 g/mol. The van der Waals surface area contributed by atoms with Gasteiger partial charge in [0.25, 0.3) is 0 Å². The molecule has 0 aromatic heterocycles. The molecule has 0 aliphatic rings. The zero-order valence-electron chi connectivity index (χ0n) is 3.98. The second-order valence-corrected chi connectivity index (χ2v) is 0.632. The minimum absolute atomic E-state index is 0.833. The van der Waals surface area contributed by atoms with Crippen LogP contribution in [0.15, 0.2) is 12.7 Å². The highest BCUT2D eigenvalue weighted by molar-refractivity contribution is 5.78. The lowest BCUT2D eigenvalue weighted by Gasteiger charge is -1.64. The van der Waals surface area contributed by atoms with Crippen LogP contribution in [0.3, 0.4) is 0 Å². The molecular weight excluding hydrogens is 110 g/mol. The molecule has 0 unspecified atom stereocenters. The summed E-state index contributed by atoms with van der Waals surface area (Å²) in [6.07, 6.45) is 0.833. The molecule has 0 amide bonds. The molecular formula is C3H4N3O2-. The Bertz CT molecular complexity index is 114. The Balaban J connectivity index is 0. The fourth-order valence-corrected chi connectivity index (χ4v) is 0. The molecule has 0 bridgehead atoms.